The van der Waals surface area contributed by atoms with Crippen molar-refractivity contribution in [1.29, 1.82) is 0 Å². The third-order valence-electron chi connectivity index (χ3n) is 16.7. The lowest BCUT2D eigenvalue weighted by atomic mass is 9.70. The maximum atomic E-state index is 13.4. The predicted molar refractivity (Wildman–Crippen MR) is 361 cm³/mol. The molecule has 0 fully saturated rings. The number of halogens is 4. The van der Waals surface area contributed by atoms with Gasteiger partial charge in [0.05, 0.1) is 48.1 Å². The van der Waals surface area contributed by atoms with Crippen molar-refractivity contribution >= 4 is 114 Å². The molecule has 16 heteroatoms. The molecule has 1 aliphatic rings. The van der Waals surface area contributed by atoms with Gasteiger partial charge in [0.1, 0.15) is 0 Å². The van der Waals surface area contributed by atoms with Crippen molar-refractivity contribution in [2.45, 2.75) is 126 Å². The molecule has 440 valence electrons. The van der Waals surface area contributed by atoms with Crippen molar-refractivity contribution in [1.82, 2.24) is 19.9 Å². The molecule has 0 unspecified atom stereocenters. The second-order valence-corrected chi connectivity index (χ2v) is 26.4. The van der Waals surface area contributed by atoms with Crippen LogP contribution in [-0.4, -0.2) is 70.2 Å². The van der Waals surface area contributed by atoms with Gasteiger partial charge in [0, 0.05) is 85.5 Å². The Labute approximate surface area is 547 Å². The SMILES string of the molecule is CCOC(=O)CCCC1(c2ccc(I)cc2)c2ccc([nH]2)C(CCCC(=O)OCC)(c2ccc(I)cc2)c2ccc([nH]2)C(CCCC(=O)OCC)(c2ccc(I)cc2)c2ccc([nH]2)C(CCCC(=O)OCC)(c2ccc(I)cc2)c2ccc1[nH]2. The Bertz CT molecular complexity index is 2970. The third-order valence-corrected chi connectivity index (χ3v) is 19.6. The summed E-state index contributed by atoms with van der Waals surface area (Å²) in [5.74, 6) is -1.02. The normalized spacial score (nSPS) is 19.1. The molecule has 0 spiro atoms. The van der Waals surface area contributed by atoms with Crippen LogP contribution in [0.3, 0.4) is 0 Å². The molecule has 9 rings (SSSR count). The molecule has 0 radical (unpaired) electrons. The first-order valence-electron chi connectivity index (χ1n) is 29.1. The molecule has 8 bridgehead atoms. The third kappa shape index (κ3) is 13.2. The van der Waals surface area contributed by atoms with E-state index in [0.717, 1.165) is 82.1 Å². The van der Waals surface area contributed by atoms with Gasteiger partial charge < -0.3 is 38.9 Å². The Morgan fingerprint density at radius 3 is 0.619 bits per heavy atom. The Morgan fingerprint density at radius 1 is 0.298 bits per heavy atom. The minimum absolute atomic E-state index is 0.209. The first kappa shape index (κ1) is 63.3. The van der Waals surface area contributed by atoms with Crippen molar-refractivity contribution < 1.29 is 38.1 Å². The Balaban J connectivity index is 1.43. The van der Waals surface area contributed by atoms with Gasteiger partial charge in [0.15, 0.2) is 0 Å². The van der Waals surface area contributed by atoms with Gasteiger partial charge in [0.25, 0.3) is 0 Å². The molecular formula is C68H72I4N4O8. The van der Waals surface area contributed by atoms with Crippen LogP contribution in [0.4, 0.5) is 0 Å². The lowest BCUT2D eigenvalue weighted by Gasteiger charge is -2.38. The van der Waals surface area contributed by atoms with Crippen LogP contribution in [0.25, 0.3) is 0 Å². The summed E-state index contributed by atoms with van der Waals surface area (Å²) in [5.41, 5.74) is 7.68. The predicted octanol–water partition coefficient (Wildman–Crippen LogP) is 16.0. The van der Waals surface area contributed by atoms with E-state index in [-0.39, 0.29) is 76.0 Å². The fourth-order valence-electron chi connectivity index (χ4n) is 12.9. The minimum atomic E-state index is -0.920. The summed E-state index contributed by atoms with van der Waals surface area (Å²) in [5, 5.41) is 0. The molecule has 0 aliphatic carbocycles. The van der Waals surface area contributed by atoms with Crippen LogP contribution in [0, 0.1) is 14.3 Å². The summed E-state index contributed by atoms with van der Waals surface area (Å²) in [6.45, 7) is 8.49. The lowest BCUT2D eigenvalue weighted by Crippen LogP contribution is -2.36. The molecule has 4 aromatic carbocycles. The first-order chi connectivity index (χ1) is 40.7. The molecular weight excluding hydrogens is 1510 g/mol. The highest BCUT2D eigenvalue weighted by atomic mass is 127. The van der Waals surface area contributed by atoms with E-state index in [1.807, 2.05) is 27.7 Å². The van der Waals surface area contributed by atoms with Crippen LogP contribution in [0.5, 0.6) is 0 Å². The van der Waals surface area contributed by atoms with Gasteiger partial charge in [-0.25, -0.2) is 0 Å². The first-order valence-corrected chi connectivity index (χ1v) is 33.4. The molecule has 4 aromatic heterocycles. The van der Waals surface area contributed by atoms with Crippen LogP contribution >= 0.6 is 90.4 Å². The second kappa shape index (κ2) is 28.5. The van der Waals surface area contributed by atoms with Gasteiger partial charge in [-0.05, 0) is 289 Å². The van der Waals surface area contributed by atoms with Crippen LogP contribution in [0.15, 0.2) is 146 Å². The summed E-state index contributed by atoms with van der Waals surface area (Å²) >= 11 is 9.44. The zero-order valence-corrected chi connectivity index (χ0v) is 56.6. The van der Waals surface area contributed by atoms with Crippen molar-refractivity contribution in [2.24, 2.45) is 0 Å². The smallest absolute Gasteiger partial charge is 0.305 e. The number of carbonyl (C=O) groups is 4. The summed E-state index contributed by atoms with van der Waals surface area (Å²) in [6, 6.07) is 52.4. The van der Waals surface area contributed by atoms with Crippen molar-refractivity contribution in [2.75, 3.05) is 26.4 Å². The van der Waals surface area contributed by atoms with Crippen LogP contribution in [0.1, 0.15) is 173 Å². The summed E-state index contributed by atoms with van der Waals surface area (Å²) in [4.78, 5) is 70.4. The van der Waals surface area contributed by atoms with E-state index in [4.69, 9.17) is 18.9 Å². The van der Waals surface area contributed by atoms with Gasteiger partial charge in [0.2, 0.25) is 0 Å². The lowest BCUT2D eigenvalue weighted by molar-refractivity contribution is -0.144. The highest BCUT2D eigenvalue weighted by molar-refractivity contribution is 14.1. The molecule has 0 saturated heterocycles. The monoisotopic (exact) mass is 1580 g/mol. The largest absolute Gasteiger partial charge is 0.466 e. The van der Waals surface area contributed by atoms with Gasteiger partial charge in [-0.15, -0.1) is 0 Å². The summed E-state index contributed by atoms with van der Waals surface area (Å²) in [7, 11) is 0. The van der Waals surface area contributed by atoms with E-state index in [1.165, 1.54) is 0 Å². The summed E-state index contributed by atoms with van der Waals surface area (Å²) in [6.07, 6.45) is 4.85. The number of aromatic amines is 4. The van der Waals surface area contributed by atoms with E-state index in [2.05, 4.69) is 256 Å². The number of hydrogen-bond donors (Lipinski definition) is 4. The molecule has 12 nitrogen and oxygen atoms in total. The molecule has 8 aromatic rings. The zero-order chi connectivity index (χ0) is 59.5. The minimum Gasteiger partial charge on any atom is -0.466 e. The fraction of sp³-hybridized carbons (Fsp3) is 0.353. The molecule has 0 atom stereocenters. The Hall–Kier alpha value is -5.20. The maximum Gasteiger partial charge on any atom is 0.305 e. The number of fused-ring (bicyclic) bond motifs is 8. The fourth-order valence-corrected chi connectivity index (χ4v) is 14.4. The number of hydrogen-bond acceptors (Lipinski definition) is 8. The number of nitrogens with one attached hydrogen (secondary N) is 4. The molecule has 4 N–H and O–H groups in total. The van der Waals surface area contributed by atoms with Gasteiger partial charge in [-0.2, -0.15) is 0 Å². The Kier molecular flexibility index (Phi) is 21.5. The second-order valence-electron chi connectivity index (χ2n) is 21.4. The van der Waals surface area contributed by atoms with Crippen LogP contribution in [-0.2, 0) is 59.8 Å². The number of H-pyrrole nitrogens is 4. The number of rotatable bonds is 24. The topological polar surface area (TPSA) is 168 Å². The number of aromatic nitrogens is 4. The van der Waals surface area contributed by atoms with Crippen LogP contribution < -0.4 is 0 Å². The average molecular weight is 1580 g/mol. The number of esters is 4. The molecule has 5 heterocycles. The Morgan fingerprint density at radius 2 is 0.464 bits per heavy atom. The van der Waals surface area contributed by atoms with Gasteiger partial charge >= 0.3 is 23.9 Å². The molecule has 84 heavy (non-hydrogen) atoms. The van der Waals surface area contributed by atoms with Gasteiger partial charge in [-0.3, -0.25) is 19.2 Å². The molecule has 0 saturated carbocycles. The van der Waals surface area contributed by atoms with Crippen molar-refractivity contribution in [3.05, 3.63) is 228 Å². The highest BCUT2D eigenvalue weighted by Crippen LogP contribution is 2.52. The highest BCUT2D eigenvalue weighted by Gasteiger charge is 2.48. The average Bonchev–Trinajstić information content (AvgIpc) is 3.25. The van der Waals surface area contributed by atoms with E-state index in [9.17, 15) is 19.2 Å². The van der Waals surface area contributed by atoms with Gasteiger partial charge in [-0.1, -0.05) is 48.5 Å². The van der Waals surface area contributed by atoms with Crippen molar-refractivity contribution in [3.8, 4) is 0 Å². The van der Waals surface area contributed by atoms with E-state index in [1.54, 1.807) is 0 Å². The quantitative estimate of drug-likeness (QED) is 0.0263. The number of carbonyl (C=O) groups excluding carboxylic acids is 4. The summed E-state index contributed by atoms with van der Waals surface area (Å²) < 4.78 is 26.6. The van der Waals surface area contributed by atoms with Crippen molar-refractivity contribution in [3.63, 3.8) is 0 Å². The molecule has 0 amide bonds. The van der Waals surface area contributed by atoms with E-state index < -0.39 is 21.7 Å². The number of benzene rings is 4. The number of ether oxygens (including phenoxy) is 4. The van der Waals surface area contributed by atoms with E-state index >= 15 is 0 Å². The molecule has 1 aliphatic heterocycles. The maximum absolute atomic E-state index is 13.4. The van der Waals surface area contributed by atoms with Crippen LogP contribution in [0.2, 0.25) is 0 Å². The van der Waals surface area contributed by atoms with E-state index in [0.29, 0.717) is 51.4 Å². The standard InChI is InChI=1S/C68H72I4N4O8/c1-5-81-61(77)13-9-41-65(45-17-25-49(69)26-18-45)53-33-35-55(73-53)66(42-10-14-62(78)82-6-2,46-19-27-50(70)28-20-46)57-37-39-59(75-57)68(44-12-16-64(80)84-8-4,48-23-31-52(72)32-24-48)60-40-38-58(76-60)67(56-36-34-54(65)74-56,43-11-15-63(79)83-7-3)47-21-29-51(71)30-22-47/h17-40,73-76H,5-16,41-44H2,1-4H3. The zero-order valence-electron chi connectivity index (χ0n) is 47.9.